The second kappa shape index (κ2) is 7.20. The minimum atomic E-state index is -0.557. The van der Waals surface area contributed by atoms with E-state index in [1.807, 2.05) is 33.8 Å². The van der Waals surface area contributed by atoms with Crippen LogP contribution in [-0.4, -0.2) is 61.9 Å². The lowest BCUT2D eigenvalue weighted by atomic mass is 9.80. The molecule has 0 saturated carbocycles. The van der Waals surface area contributed by atoms with Crippen molar-refractivity contribution >= 4 is 24.4 Å². The minimum absolute atomic E-state index is 0.119. The van der Waals surface area contributed by atoms with E-state index in [2.05, 4.69) is 4.98 Å². The Balaban J connectivity index is 1.55. The summed E-state index contributed by atoms with van der Waals surface area (Å²) in [6, 6.07) is 1.84. The van der Waals surface area contributed by atoms with Crippen LogP contribution in [0.1, 0.15) is 40.5 Å². The first-order valence-electron chi connectivity index (χ1n) is 9.81. The zero-order valence-electron chi connectivity index (χ0n) is 16.9. The zero-order chi connectivity index (χ0) is 19.9. The van der Waals surface area contributed by atoms with Gasteiger partial charge in [0.15, 0.2) is 0 Å². The molecular weight excluding hydrogens is 363 g/mol. The maximum Gasteiger partial charge on any atom is 0.496 e. The van der Waals surface area contributed by atoms with Gasteiger partial charge in [0.1, 0.15) is 18.4 Å². The molecule has 4 rings (SSSR count). The van der Waals surface area contributed by atoms with Gasteiger partial charge in [0.25, 0.3) is 0 Å². The van der Waals surface area contributed by atoms with Crippen molar-refractivity contribution in [2.45, 2.75) is 57.8 Å². The molecule has 152 valence electrons. The van der Waals surface area contributed by atoms with Crippen molar-refractivity contribution < 1.29 is 28.3 Å². The summed E-state index contributed by atoms with van der Waals surface area (Å²) < 4.78 is 28.9. The fraction of sp³-hybridized carbons (Fsp3) is 0.684. The number of fused-ring (bicyclic) bond motifs is 1. The van der Waals surface area contributed by atoms with Gasteiger partial charge in [0.2, 0.25) is 5.88 Å². The summed E-state index contributed by atoms with van der Waals surface area (Å²) in [4.78, 5) is 18.8. The average molecular weight is 390 g/mol. The third-order valence-corrected chi connectivity index (χ3v) is 5.88. The van der Waals surface area contributed by atoms with E-state index in [9.17, 15) is 4.79 Å². The Labute approximate surface area is 165 Å². The SMILES string of the molecule is CC1(C)OB(c2cnc3c(c2)N(C(=O)OC2CCOCC2)CCO3)OC1(C)C. The number of anilines is 1. The molecule has 1 amide bonds. The van der Waals surface area contributed by atoms with E-state index in [-0.39, 0.29) is 12.2 Å². The van der Waals surface area contributed by atoms with Crippen LogP contribution in [-0.2, 0) is 18.8 Å². The number of aromatic nitrogens is 1. The van der Waals surface area contributed by atoms with Crippen molar-refractivity contribution in [3.63, 3.8) is 0 Å². The first kappa shape index (κ1) is 19.5. The molecule has 8 nitrogen and oxygen atoms in total. The summed E-state index contributed by atoms with van der Waals surface area (Å²) in [6.07, 6.45) is 2.61. The van der Waals surface area contributed by atoms with E-state index in [0.29, 0.717) is 37.9 Å². The molecule has 1 aromatic heterocycles. The Morgan fingerprint density at radius 3 is 2.54 bits per heavy atom. The highest BCUT2D eigenvalue weighted by Gasteiger charge is 2.52. The Morgan fingerprint density at radius 1 is 1.18 bits per heavy atom. The summed E-state index contributed by atoms with van der Waals surface area (Å²) in [7, 11) is -0.557. The Kier molecular flexibility index (Phi) is 5.01. The van der Waals surface area contributed by atoms with Gasteiger partial charge in [-0.2, -0.15) is 0 Å². The number of carbonyl (C=O) groups excluding carboxylic acids is 1. The standard InChI is InChI=1S/C19H27BN2O6/c1-18(2)19(3,4)28-20(27-18)13-11-15-16(21-12-13)25-10-7-22(15)17(23)26-14-5-8-24-9-6-14/h11-12,14H,5-10H2,1-4H3. The predicted octanol–water partition coefficient (Wildman–Crippen LogP) is 1.90. The molecule has 0 radical (unpaired) electrons. The molecule has 2 fully saturated rings. The summed E-state index contributed by atoms with van der Waals surface area (Å²) in [5.74, 6) is 0.412. The molecule has 1 aromatic rings. The van der Waals surface area contributed by atoms with Crippen LogP contribution in [0.4, 0.5) is 10.5 Å². The number of pyridine rings is 1. The van der Waals surface area contributed by atoms with Gasteiger partial charge in [-0.25, -0.2) is 9.78 Å². The summed E-state index contributed by atoms with van der Waals surface area (Å²) >= 11 is 0. The number of carbonyl (C=O) groups is 1. The number of nitrogens with zero attached hydrogens (tertiary/aromatic N) is 2. The monoisotopic (exact) mass is 390 g/mol. The van der Waals surface area contributed by atoms with Crippen LogP contribution in [0.15, 0.2) is 12.3 Å². The Hall–Kier alpha value is -1.84. The molecule has 0 spiro atoms. The lowest BCUT2D eigenvalue weighted by Gasteiger charge is -2.32. The number of rotatable bonds is 2. The quantitative estimate of drug-likeness (QED) is 0.714. The molecule has 9 heteroatoms. The van der Waals surface area contributed by atoms with Gasteiger partial charge in [-0.15, -0.1) is 0 Å². The highest BCUT2D eigenvalue weighted by atomic mass is 16.7. The minimum Gasteiger partial charge on any atom is -0.474 e. The molecule has 0 unspecified atom stereocenters. The lowest BCUT2D eigenvalue weighted by Crippen LogP contribution is -2.42. The third-order valence-electron chi connectivity index (χ3n) is 5.88. The van der Waals surface area contributed by atoms with Crippen molar-refractivity contribution in [1.82, 2.24) is 4.98 Å². The molecule has 0 atom stereocenters. The van der Waals surface area contributed by atoms with Crippen LogP contribution in [0.5, 0.6) is 5.88 Å². The van der Waals surface area contributed by atoms with E-state index >= 15 is 0 Å². The zero-order valence-corrected chi connectivity index (χ0v) is 16.9. The normalized spacial score (nSPS) is 23.9. The van der Waals surface area contributed by atoms with Crippen LogP contribution < -0.4 is 15.1 Å². The van der Waals surface area contributed by atoms with Crippen LogP contribution >= 0.6 is 0 Å². The average Bonchev–Trinajstić information content (AvgIpc) is 2.89. The molecule has 0 aromatic carbocycles. The van der Waals surface area contributed by atoms with Crippen LogP contribution in [0.2, 0.25) is 0 Å². The van der Waals surface area contributed by atoms with Crippen molar-refractivity contribution in [2.75, 3.05) is 31.3 Å². The van der Waals surface area contributed by atoms with Crippen molar-refractivity contribution in [2.24, 2.45) is 0 Å². The van der Waals surface area contributed by atoms with Crippen LogP contribution in [0.25, 0.3) is 0 Å². The second-order valence-corrected chi connectivity index (χ2v) is 8.38. The van der Waals surface area contributed by atoms with Gasteiger partial charge in [-0.1, -0.05) is 0 Å². The van der Waals surface area contributed by atoms with Gasteiger partial charge < -0.3 is 23.5 Å². The molecule has 3 aliphatic rings. The smallest absolute Gasteiger partial charge is 0.474 e. The first-order valence-corrected chi connectivity index (χ1v) is 9.81. The number of hydrogen-bond donors (Lipinski definition) is 0. The van der Waals surface area contributed by atoms with Crippen molar-refractivity contribution in [3.8, 4) is 5.88 Å². The van der Waals surface area contributed by atoms with E-state index in [0.717, 1.165) is 18.3 Å². The Morgan fingerprint density at radius 2 is 1.86 bits per heavy atom. The maximum absolute atomic E-state index is 12.8. The molecule has 4 heterocycles. The van der Waals surface area contributed by atoms with E-state index in [4.69, 9.17) is 23.5 Å². The highest BCUT2D eigenvalue weighted by Crippen LogP contribution is 2.37. The van der Waals surface area contributed by atoms with Gasteiger partial charge in [-0.3, -0.25) is 4.90 Å². The fourth-order valence-electron chi connectivity index (χ4n) is 3.41. The highest BCUT2D eigenvalue weighted by molar-refractivity contribution is 6.62. The van der Waals surface area contributed by atoms with Crippen molar-refractivity contribution in [3.05, 3.63) is 12.3 Å². The van der Waals surface area contributed by atoms with Gasteiger partial charge in [0, 0.05) is 24.5 Å². The molecule has 2 saturated heterocycles. The topological polar surface area (TPSA) is 79.4 Å². The van der Waals surface area contributed by atoms with Crippen molar-refractivity contribution in [1.29, 1.82) is 0 Å². The van der Waals surface area contributed by atoms with Crippen LogP contribution in [0, 0.1) is 0 Å². The molecular formula is C19H27BN2O6. The summed E-state index contributed by atoms with van der Waals surface area (Å²) in [5, 5.41) is 0. The van der Waals surface area contributed by atoms with Gasteiger partial charge >= 0.3 is 13.2 Å². The van der Waals surface area contributed by atoms with E-state index in [1.165, 1.54) is 0 Å². The number of amides is 1. The van der Waals surface area contributed by atoms with Gasteiger partial charge in [0.05, 0.1) is 31.0 Å². The number of hydrogen-bond acceptors (Lipinski definition) is 7. The molecule has 28 heavy (non-hydrogen) atoms. The molecule has 0 N–H and O–H groups in total. The van der Waals surface area contributed by atoms with E-state index < -0.39 is 18.3 Å². The third kappa shape index (κ3) is 3.58. The predicted molar refractivity (Wildman–Crippen MR) is 103 cm³/mol. The van der Waals surface area contributed by atoms with Gasteiger partial charge in [-0.05, 0) is 33.8 Å². The maximum atomic E-state index is 12.8. The lowest BCUT2D eigenvalue weighted by molar-refractivity contribution is 0.00340. The Bertz CT molecular complexity index is 734. The number of ether oxygens (including phenoxy) is 3. The largest absolute Gasteiger partial charge is 0.496 e. The molecule has 0 bridgehead atoms. The summed E-state index contributed by atoms with van der Waals surface area (Å²) in [6.45, 7) is 10.0. The van der Waals surface area contributed by atoms with E-state index in [1.54, 1.807) is 11.1 Å². The molecule has 0 aliphatic carbocycles. The molecule has 3 aliphatic heterocycles. The fourth-order valence-corrected chi connectivity index (χ4v) is 3.41. The second-order valence-electron chi connectivity index (χ2n) is 8.38. The first-order chi connectivity index (χ1) is 13.3. The summed E-state index contributed by atoms with van der Waals surface area (Å²) in [5.41, 5.74) is 0.416. The van der Waals surface area contributed by atoms with Crippen LogP contribution in [0.3, 0.4) is 0 Å².